The van der Waals surface area contributed by atoms with Gasteiger partial charge in [-0.2, -0.15) is 0 Å². The van der Waals surface area contributed by atoms with E-state index in [0.717, 1.165) is 5.56 Å². The smallest absolute Gasteiger partial charge is 0.315 e. The van der Waals surface area contributed by atoms with Crippen LogP contribution in [0.25, 0.3) is 0 Å². The molecule has 2 aromatic carbocycles. The van der Waals surface area contributed by atoms with Crippen LogP contribution in [0.5, 0.6) is 0 Å². The van der Waals surface area contributed by atoms with Gasteiger partial charge in [-0.1, -0.05) is 42.5 Å². The zero-order valence-corrected chi connectivity index (χ0v) is 17.3. The molecule has 0 aliphatic heterocycles. The van der Waals surface area contributed by atoms with Crippen molar-refractivity contribution in [3.8, 4) is 0 Å². The number of halogens is 1. The molecule has 9 nitrogen and oxygen atoms in total. The quantitative estimate of drug-likeness (QED) is 0.387. The second kappa shape index (κ2) is 13.1. The molecule has 0 aliphatic carbocycles. The summed E-state index contributed by atoms with van der Waals surface area (Å²) in [6.07, 6.45) is 0.707. The van der Waals surface area contributed by atoms with Crippen molar-refractivity contribution in [1.29, 1.82) is 0 Å². The largest absolute Gasteiger partial charge is 0.340 e. The Bertz CT molecular complexity index is 818. The van der Waals surface area contributed by atoms with Gasteiger partial charge in [-0.15, -0.1) is 12.4 Å². The van der Waals surface area contributed by atoms with Gasteiger partial charge >= 0.3 is 6.03 Å². The number of benzene rings is 2. The fourth-order valence-corrected chi connectivity index (χ4v) is 2.67. The molecule has 3 amide bonds. The van der Waals surface area contributed by atoms with E-state index in [0.29, 0.717) is 31.6 Å². The summed E-state index contributed by atoms with van der Waals surface area (Å²) in [6, 6.07) is 15.2. The van der Waals surface area contributed by atoms with E-state index < -0.39 is 11.0 Å². The summed E-state index contributed by atoms with van der Waals surface area (Å²) in [5, 5.41) is 15.8. The number of nitrogens with zero attached hydrogens (tertiary/aromatic N) is 2. The number of carbonyl (C=O) groups is 2. The normalized spacial score (nSPS) is 9.90. The summed E-state index contributed by atoms with van der Waals surface area (Å²) < 4.78 is 0. The number of hydrogen-bond donors (Lipinski definition) is 3. The Hall–Kier alpha value is -3.17. The third-order valence-electron chi connectivity index (χ3n) is 4.27. The number of nitro benzene ring substituents is 1. The first-order valence-electron chi connectivity index (χ1n) is 9.26. The summed E-state index contributed by atoms with van der Waals surface area (Å²) >= 11 is 0. The highest BCUT2D eigenvalue weighted by molar-refractivity contribution is 5.85. The molecule has 10 heteroatoms. The van der Waals surface area contributed by atoms with Gasteiger partial charge in [0, 0.05) is 38.3 Å². The molecular weight excluding hydrogens is 410 g/mol. The standard InChI is InChI=1S/C20H25N5O4.ClH/c21-11-13-24(12-10-16-4-2-1-3-5-16)19(26)15-23-20(27)22-14-17-6-8-18(9-7-17)25(28)29;/h1-9H,10-15,21H2,(H2,22,23,27);1H. The van der Waals surface area contributed by atoms with Gasteiger partial charge in [-0.05, 0) is 17.5 Å². The average molecular weight is 436 g/mol. The monoisotopic (exact) mass is 435 g/mol. The van der Waals surface area contributed by atoms with Crippen LogP contribution in [-0.4, -0.2) is 47.9 Å². The number of nitro groups is 1. The van der Waals surface area contributed by atoms with Gasteiger partial charge in [0.05, 0.1) is 11.5 Å². The maximum Gasteiger partial charge on any atom is 0.315 e. The van der Waals surface area contributed by atoms with Gasteiger partial charge in [0.15, 0.2) is 0 Å². The van der Waals surface area contributed by atoms with Crippen molar-refractivity contribution in [1.82, 2.24) is 15.5 Å². The van der Waals surface area contributed by atoms with Crippen LogP contribution >= 0.6 is 12.4 Å². The maximum atomic E-state index is 12.4. The van der Waals surface area contributed by atoms with Crippen LogP contribution in [-0.2, 0) is 17.8 Å². The van der Waals surface area contributed by atoms with Crippen LogP contribution < -0.4 is 16.4 Å². The van der Waals surface area contributed by atoms with Crippen LogP contribution in [0.3, 0.4) is 0 Å². The number of carbonyl (C=O) groups excluding carboxylic acids is 2. The van der Waals surface area contributed by atoms with Crippen molar-refractivity contribution < 1.29 is 14.5 Å². The zero-order chi connectivity index (χ0) is 21.1. The van der Waals surface area contributed by atoms with Crippen LogP contribution in [0, 0.1) is 10.1 Å². The van der Waals surface area contributed by atoms with Crippen molar-refractivity contribution in [2.45, 2.75) is 13.0 Å². The van der Waals surface area contributed by atoms with Gasteiger partial charge in [0.2, 0.25) is 5.91 Å². The average Bonchev–Trinajstić information content (AvgIpc) is 2.74. The number of nitrogens with two attached hydrogens (primary N) is 1. The lowest BCUT2D eigenvalue weighted by Crippen LogP contribution is -2.45. The third kappa shape index (κ3) is 8.46. The predicted molar refractivity (Wildman–Crippen MR) is 116 cm³/mol. The van der Waals surface area contributed by atoms with E-state index in [-0.39, 0.29) is 37.1 Å². The van der Waals surface area contributed by atoms with Gasteiger partial charge in [0.1, 0.15) is 0 Å². The van der Waals surface area contributed by atoms with Crippen LogP contribution in [0.15, 0.2) is 54.6 Å². The molecule has 0 atom stereocenters. The molecule has 0 unspecified atom stereocenters. The molecule has 0 radical (unpaired) electrons. The molecule has 0 spiro atoms. The van der Waals surface area contributed by atoms with Gasteiger partial charge in [0.25, 0.3) is 5.69 Å². The van der Waals surface area contributed by atoms with Crippen molar-refractivity contribution in [2.75, 3.05) is 26.2 Å². The summed E-state index contributed by atoms with van der Waals surface area (Å²) in [5.74, 6) is -0.211. The molecule has 0 heterocycles. The summed E-state index contributed by atoms with van der Waals surface area (Å²) in [7, 11) is 0. The third-order valence-corrected chi connectivity index (χ3v) is 4.27. The van der Waals surface area contributed by atoms with E-state index in [1.54, 1.807) is 17.0 Å². The van der Waals surface area contributed by atoms with E-state index in [1.807, 2.05) is 30.3 Å². The van der Waals surface area contributed by atoms with E-state index in [1.165, 1.54) is 12.1 Å². The Morgan fingerprint density at radius 2 is 1.63 bits per heavy atom. The van der Waals surface area contributed by atoms with Gasteiger partial charge in [-0.25, -0.2) is 4.79 Å². The number of rotatable bonds is 10. The molecule has 0 fully saturated rings. The van der Waals surface area contributed by atoms with E-state index in [9.17, 15) is 19.7 Å². The lowest BCUT2D eigenvalue weighted by molar-refractivity contribution is -0.384. The first kappa shape index (κ1) is 24.9. The van der Waals surface area contributed by atoms with E-state index in [4.69, 9.17) is 5.73 Å². The second-order valence-corrected chi connectivity index (χ2v) is 6.36. The van der Waals surface area contributed by atoms with Crippen LogP contribution in [0.4, 0.5) is 10.5 Å². The van der Waals surface area contributed by atoms with Crippen LogP contribution in [0.2, 0.25) is 0 Å². The Kier molecular flexibility index (Phi) is 10.9. The number of nitrogens with one attached hydrogen (secondary N) is 2. The maximum absolute atomic E-state index is 12.4. The number of amides is 3. The molecule has 30 heavy (non-hydrogen) atoms. The molecule has 4 N–H and O–H groups in total. The fraction of sp³-hybridized carbons (Fsp3) is 0.300. The SMILES string of the molecule is Cl.NCCN(CCc1ccccc1)C(=O)CNC(=O)NCc1ccc([N+](=O)[O-])cc1. The molecule has 162 valence electrons. The Morgan fingerprint density at radius 3 is 2.23 bits per heavy atom. The minimum atomic E-state index is -0.493. The topological polar surface area (TPSA) is 131 Å². The molecule has 0 saturated heterocycles. The lowest BCUT2D eigenvalue weighted by Gasteiger charge is -2.22. The Balaban J connectivity index is 0.00000450. The van der Waals surface area contributed by atoms with E-state index >= 15 is 0 Å². The lowest BCUT2D eigenvalue weighted by atomic mass is 10.1. The zero-order valence-electron chi connectivity index (χ0n) is 16.5. The summed E-state index contributed by atoms with van der Waals surface area (Å²) in [6.45, 7) is 1.33. The number of urea groups is 1. The molecular formula is C20H26ClN5O4. The Morgan fingerprint density at radius 1 is 0.967 bits per heavy atom. The van der Waals surface area contributed by atoms with Crippen molar-refractivity contribution in [3.05, 3.63) is 75.8 Å². The van der Waals surface area contributed by atoms with Crippen LogP contribution in [0.1, 0.15) is 11.1 Å². The molecule has 0 saturated carbocycles. The van der Waals surface area contributed by atoms with Gasteiger partial charge in [-0.3, -0.25) is 14.9 Å². The molecule has 0 aromatic heterocycles. The molecule has 2 aromatic rings. The fourth-order valence-electron chi connectivity index (χ4n) is 2.67. The summed E-state index contributed by atoms with van der Waals surface area (Å²) in [5.41, 5.74) is 7.42. The minimum absolute atomic E-state index is 0. The first-order valence-corrected chi connectivity index (χ1v) is 9.26. The molecule has 0 bridgehead atoms. The highest BCUT2D eigenvalue weighted by atomic mass is 35.5. The minimum Gasteiger partial charge on any atom is -0.340 e. The second-order valence-electron chi connectivity index (χ2n) is 6.36. The van der Waals surface area contributed by atoms with Crippen molar-refractivity contribution in [2.24, 2.45) is 5.73 Å². The molecule has 0 aliphatic rings. The summed E-state index contributed by atoms with van der Waals surface area (Å²) in [4.78, 5) is 36.1. The van der Waals surface area contributed by atoms with Crippen molar-refractivity contribution in [3.63, 3.8) is 0 Å². The predicted octanol–water partition coefficient (Wildman–Crippen LogP) is 1.85. The first-order chi connectivity index (χ1) is 14.0. The highest BCUT2D eigenvalue weighted by Crippen LogP contribution is 2.11. The number of non-ortho nitro benzene ring substituents is 1. The highest BCUT2D eigenvalue weighted by Gasteiger charge is 2.14. The van der Waals surface area contributed by atoms with Gasteiger partial charge < -0.3 is 21.3 Å². The van der Waals surface area contributed by atoms with E-state index in [2.05, 4.69) is 10.6 Å². The van der Waals surface area contributed by atoms with Crippen molar-refractivity contribution >= 4 is 30.0 Å². The Labute approximate surface area is 181 Å². The molecule has 2 rings (SSSR count). The number of hydrogen-bond acceptors (Lipinski definition) is 5.